The van der Waals surface area contributed by atoms with Crippen LogP contribution in [-0.4, -0.2) is 17.7 Å². The molecule has 0 unspecified atom stereocenters. The summed E-state index contributed by atoms with van der Waals surface area (Å²) in [5, 5.41) is 3.19. The van der Waals surface area contributed by atoms with E-state index in [2.05, 4.69) is 5.32 Å². The maximum atomic E-state index is 12.8. The largest absolute Gasteiger partial charge is 0.352 e. The molecule has 0 aliphatic heterocycles. The first-order chi connectivity index (χ1) is 9.70. The minimum Gasteiger partial charge on any atom is -0.352 e. The number of halogens is 1. The van der Waals surface area contributed by atoms with Crippen LogP contribution in [0, 0.1) is 17.7 Å². The fourth-order valence-electron chi connectivity index (χ4n) is 3.51. The molecule has 2 nitrogen and oxygen atoms in total. The first kappa shape index (κ1) is 13.9. The molecule has 1 aromatic rings. The van der Waals surface area contributed by atoms with Crippen LogP contribution in [0.5, 0.6) is 0 Å². The number of fused-ring (bicyclic) bond motifs is 2. The van der Waals surface area contributed by atoms with Crippen molar-refractivity contribution in [3.63, 3.8) is 0 Å². The highest BCUT2D eigenvalue weighted by Gasteiger charge is 2.39. The van der Waals surface area contributed by atoms with Gasteiger partial charge in [0.05, 0.1) is 5.75 Å². The second-order valence-electron chi connectivity index (χ2n) is 5.97. The summed E-state index contributed by atoms with van der Waals surface area (Å²) >= 11 is 1.59. The van der Waals surface area contributed by atoms with E-state index in [9.17, 15) is 9.18 Å². The topological polar surface area (TPSA) is 29.1 Å². The Hall–Kier alpha value is -1.03. The summed E-state index contributed by atoms with van der Waals surface area (Å²) in [6, 6.07) is 6.90. The summed E-state index contributed by atoms with van der Waals surface area (Å²) in [5.41, 5.74) is 1.06. The zero-order valence-electron chi connectivity index (χ0n) is 11.5. The van der Waals surface area contributed by atoms with Crippen LogP contribution >= 0.6 is 11.8 Å². The number of rotatable bonds is 5. The zero-order chi connectivity index (χ0) is 13.9. The number of hydrogen-bond acceptors (Lipinski definition) is 2. The Kier molecular flexibility index (Phi) is 4.29. The molecular formula is C16H20FNOS. The van der Waals surface area contributed by atoms with Crippen molar-refractivity contribution in [2.24, 2.45) is 11.8 Å². The molecule has 2 aliphatic rings. The third-order valence-corrected chi connectivity index (χ3v) is 5.50. The quantitative estimate of drug-likeness (QED) is 0.902. The van der Waals surface area contributed by atoms with E-state index in [1.807, 2.05) is 0 Å². The minimum atomic E-state index is -0.215. The van der Waals surface area contributed by atoms with Crippen LogP contribution in [0.25, 0.3) is 0 Å². The highest BCUT2D eigenvalue weighted by atomic mass is 32.2. The number of carbonyl (C=O) groups is 1. The summed E-state index contributed by atoms with van der Waals surface area (Å²) in [5.74, 6) is 2.76. The van der Waals surface area contributed by atoms with E-state index in [1.165, 1.54) is 37.8 Å². The molecule has 0 heterocycles. The van der Waals surface area contributed by atoms with Crippen LogP contribution in [0.2, 0.25) is 0 Å². The Bertz CT molecular complexity index is 476. The van der Waals surface area contributed by atoms with E-state index in [-0.39, 0.29) is 11.7 Å². The molecule has 2 saturated carbocycles. The molecule has 0 aromatic heterocycles. The second-order valence-corrected chi connectivity index (χ2v) is 6.95. The van der Waals surface area contributed by atoms with E-state index in [0.29, 0.717) is 11.8 Å². The molecule has 2 aliphatic carbocycles. The van der Waals surface area contributed by atoms with Crippen LogP contribution in [0.1, 0.15) is 31.2 Å². The molecule has 1 amide bonds. The Morgan fingerprint density at radius 2 is 2.05 bits per heavy atom. The summed E-state index contributed by atoms with van der Waals surface area (Å²) in [6.45, 7) is 0. The number of carbonyl (C=O) groups excluding carboxylic acids is 1. The van der Waals surface area contributed by atoms with Crippen LogP contribution in [0.3, 0.4) is 0 Å². The standard InChI is InChI=1S/C16H20FNOS/c17-14-5-2-11(3-6-14)9-20-10-16(19)18-15-8-12-1-4-13(15)7-12/h2-3,5-6,12-13,15H,1,4,7-10H2,(H,18,19)/t12-,13-,15-/m1/s1. The molecule has 2 bridgehead atoms. The van der Waals surface area contributed by atoms with Gasteiger partial charge < -0.3 is 5.32 Å². The molecule has 0 spiro atoms. The van der Waals surface area contributed by atoms with Gasteiger partial charge in [-0.3, -0.25) is 4.79 Å². The van der Waals surface area contributed by atoms with Gasteiger partial charge in [0.1, 0.15) is 5.82 Å². The van der Waals surface area contributed by atoms with E-state index < -0.39 is 0 Å². The molecule has 1 aromatic carbocycles. The lowest BCUT2D eigenvalue weighted by molar-refractivity contribution is -0.119. The first-order valence-electron chi connectivity index (χ1n) is 7.32. The third-order valence-electron chi connectivity index (χ3n) is 4.50. The second kappa shape index (κ2) is 6.17. The van der Waals surface area contributed by atoms with Crippen molar-refractivity contribution < 1.29 is 9.18 Å². The number of amides is 1. The molecule has 3 rings (SSSR count). The van der Waals surface area contributed by atoms with E-state index >= 15 is 0 Å². The average Bonchev–Trinajstić information content (AvgIpc) is 3.03. The van der Waals surface area contributed by atoms with Crippen LogP contribution in [0.4, 0.5) is 4.39 Å². The van der Waals surface area contributed by atoms with Crippen molar-refractivity contribution in [3.8, 4) is 0 Å². The SMILES string of the molecule is O=C(CSCc1ccc(F)cc1)N[C@@H]1C[C@@H]2CC[C@@H]1C2. The number of hydrogen-bond donors (Lipinski definition) is 1. The number of thioether (sulfide) groups is 1. The van der Waals surface area contributed by atoms with Gasteiger partial charge in [0, 0.05) is 11.8 Å². The van der Waals surface area contributed by atoms with E-state index in [0.717, 1.165) is 23.2 Å². The third kappa shape index (κ3) is 3.35. The molecule has 0 radical (unpaired) electrons. The van der Waals surface area contributed by atoms with Gasteiger partial charge in [0.15, 0.2) is 0 Å². The summed E-state index contributed by atoms with van der Waals surface area (Å²) in [4.78, 5) is 11.9. The Labute approximate surface area is 123 Å². The minimum absolute atomic E-state index is 0.148. The fraction of sp³-hybridized carbons (Fsp3) is 0.562. The highest BCUT2D eigenvalue weighted by Crippen LogP contribution is 2.44. The average molecular weight is 293 g/mol. The van der Waals surface area contributed by atoms with Gasteiger partial charge in [-0.15, -0.1) is 11.8 Å². The Morgan fingerprint density at radius 1 is 1.25 bits per heavy atom. The molecule has 108 valence electrons. The van der Waals surface area contributed by atoms with Crippen molar-refractivity contribution in [1.29, 1.82) is 0 Å². The molecule has 4 heteroatoms. The van der Waals surface area contributed by atoms with Gasteiger partial charge in [-0.2, -0.15) is 0 Å². The van der Waals surface area contributed by atoms with Gasteiger partial charge in [-0.25, -0.2) is 4.39 Å². The van der Waals surface area contributed by atoms with Crippen LogP contribution in [-0.2, 0) is 10.5 Å². The van der Waals surface area contributed by atoms with Gasteiger partial charge in [0.2, 0.25) is 5.91 Å². The predicted molar refractivity (Wildman–Crippen MR) is 79.9 cm³/mol. The van der Waals surface area contributed by atoms with Crippen molar-refractivity contribution in [2.45, 2.75) is 37.5 Å². The normalized spacial score (nSPS) is 27.8. The van der Waals surface area contributed by atoms with Crippen molar-refractivity contribution >= 4 is 17.7 Å². The number of nitrogens with one attached hydrogen (secondary N) is 1. The lowest BCUT2D eigenvalue weighted by atomic mass is 9.95. The van der Waals surface area contributed by atoms with Crippen LogP contribution < -0.4 is 5.32 Å². The van der Waals surface area contributed by atoms with Gasteiger partial charge >= 0.3 is 0 Å². The Balaban J connectivity index is 1.38. The zero-order valence-corrected chi connectivity index (χ0v) is 12.3. The molecule has 1 N–H and O–H groups in total. The summed E-state index contributed by atoms with van der Waals surface area (Å²) < 4.78 is 12.8. The van der Waals surface area contributed by atoms with Crippen molar-refractivity contribution in [3.05, 3.63) is 35.6 Å². The smallest absolute Gasteiger partial charge is 0.230 e. The molecule has 2 fully saturated rings. The van der Waals surface area contributed by atoms with Gasteiger partial charge in [0.25, 0.3) is 0 Å². The molecule has 3 atom stereocenters. The fourth-order valence-corrected chi connectivity index (χ4v) is 4.31. The van der Waals surface area contributed by atoms with Crippen molar-refractivity contribution in [2.75, 3.05) is 5.75 Å². The molecular weight excluding hydrogens is 273 g/mol. The Morgan fingerprint density at radius 3 is 2.70 bits per heavy atom. The van der Waals surface area contributed by atoms with Crippen molar-refractivity contribution in [1.82, 2.24) is 5.32 Å². The van der Waals surface area contributed by atoms with E-state index in [1.54, 1.807) is 23.9 Å². The maximum absolute atomic E-state index is 12.8. The monoisotopic (exact) mass is 293 g/mol. The number of benzene rings is 1. The lowest BCUT2D eigenvalue weighted by Crippen LogP contribution is -2.39. The predicted octanol–water partition coefficient (Wildman–Crippen LogP) is 3.36. The lowest BCUT2D eigenvalue weighted by Gasteiger charge is -2.22. The molecule has 0 saturated heterocycles. The van der Waals surface area contributed by atoms with Gasteiger partial charge in [-0.05, 0) is 48.8 Å². The van der Waals surface area contributed by atoms with Crippen LogP contribution in [0.15, 0.2) is 24.3 Å². The summed E-state index contributed by atoms with van der Waals surface area (Å²) in [7, 11) is 0. The molecule has 20 heavy (non-hydrogen) atoms. The highest BCUT2D eigenvalue weighted by molar-refractivity contribution is 7.99. The first-order valence-corrected chi connectivity index (χ1v) is 8.48. The maximum Gasteiger partial charge on any atom is 0.230 e. The van der Waals surface area contributed by atoms with Gasteiger partial charge in [-0.1, -0.05) is 18.6 Å². The van der Waals surface area contributed by atoms with E-state index in [4.69, 9.17) is 0 Å². The summed E-state index contributed by atoms with van der Waals surface area (Å²) in [6.07, 6.45) is 5.14.